The van der Waals surface area contributed by atoms with Gasteiger partial charge in [-0.3, -0.25) is 15.2 Å². The molecule has 0 aliphatic rings. The van der Waals surface area contributed by atoms with Crippen LogP contribution in [0.15, 0.2) is 30.3 Å². The van der Waals surface area contributed by atoms with Crippen LogP contribution in [0.2, 0.25) is 0 Å². The number of H-pyrrole nitrogens is 1. The van der Waals surface area contributed by atoms with E-state index in [1.807, 2.05) is 0 Å². The molecule has 0 fully saturated rings. The summed E-state index contributed by atoms with van der Waals surface area (Å²) in [6.45, 7) is 0. The summed E-state index contributed by atoms with van der Waals surface area (Å²) in [4.78, 5) is 17.0. The molecule has 0 saturated carbocycles. The molecule has 10 nitrogen and oxygen atoms in total. The van der Waals surface area contributed by atoms with Crippen molar-refractivity contribution in [2.45, 2.75) is 0 Å². The Kier molecular flexibility index (Phi) is 6.26. The molecule has 2 N–H and O–H groups in total. The molecule has 0 unspecified atom stereocenters. The Hall–Kier alpha value is -3.95. The van der Waals surface area contributed by atoms with Crippen LogP contribution in [0, 0.1) is 0 Å². The molecule has 1 amide bonds. The number of methoxy groups -OCH3 is 5. The second-order valence-corrected chi connectivity index (χ2v) is 5.95. The molecule has 30 heavy (non-hydrogen) atoms. The van der Waals surface area contributed by atoms with Crippen molar-refractivity contribution in [3.05, 3.63) is 35.9 Å². The van der Waals surface area contributed by atoms with Crippen LogP contribution in [-0.4, -0.2) is 56.6 Å². The Labute approximate surface area is 173 Å². The van der Waals surface area contributed by atoms with Crippen LogP contribution in [0.1, 0.15) is 10.4 Å². The van der Waals surface area contributed by atoms with Gasteiger partial charge in [0.25, 0.3) is 5.91 Å². The van der Waals surface area contributed by atoms with E-state index >= 15 is 0 Å². The second-order valence-electron chi connectivity index (χ2n) is 5.95. The second kappa shape index (κ2) is 9.03. The molecule has 0 aliphatic heterocycles. The van der Waals surface area contributed by atoms with Gasteiger partial charge in [0.05, 0.1) is 35.5 Å². The third-order valence-electron chi connectivity index (χ3n) is 4.29. The summed E-state index contributed by atoms with van der Waals surface area (Å²) < 4.78 is 26.4. The van der Waals surface area contributed by atoms with E-state index in [4.69, 9.17) is 23.7 Å². The third-order valence-corrected chi connectivity index (χ3v) is 4.29. The van der Waals surface area contributed by atoms with Crippen molar-refractivity contribution in [2.24, 2.45) is 0 Å². The fraction of sp³-hybridized carbons (Fsp3) is 0.250. The molecule has 0 spiro atoms. The summed E-state index contributed by atoms with van der Waals surface area (Å²) in [5.74, 6) is 2.39. The van der Waals surface area contributed by atoms with E-state index in [2.05, 4.69) is 20.5 Å². The molecule has 2 aromatic carbocycles. The van der Waals surface area contributed by atoms with Crippen molar-refractivity contribution in [2.75, 3.05) is 40.9 Å². The van der Waals surface area contributed by atoms with E-state index in [9.17, 15) is 4.79 Å². The van der Waals surface area contributed by atoms with Crippen molar-refractivity contribution >= 4 is 11.9 Å². The number of benzene rings is 2. The minimum Gasteiger partial charge on any atom is -0.493 e. The van der Waals surface area contributed by atoms with Crippen molar-refractivity contribution in [1.82, 2.24) is 15.2 Å². The molecule has 1 aromatic heterocycles. The number of carbonyl (C=O) groups excluding carboxylic acids is 1. The van der Waals surface area contributed by atoms with Gasteiger partial charge in [0.15, 0.2) is 28.8 Å². The van der Waals surface area contributed by atoms with Crippen LogP contribution in [0.5, 0.6) is 28.7 Å². The molecule has 10 heteroatoms. The van der Waals surface area contributed by atoms with Crippen LogP contribution < -0.4 is 29.0 Å². The van der Waals surface area contributed by atoms with E-state index in [1.54, 1.807) is 44.6 Å². The fourth-order valence-electron chi connectivity index (χ4n) is 2.82. The largest absolute Gasteiger partial charge is 0.493 e. The molecular weight excluding hydrogens is 392 g/mol. The maximum atomic E-state index is 12.7. The highest BCUT2D eigenvalue weighted by Gasteiger charge is 2.18. The Morgan fingerprint density at radius 1 is 0.833 bits per heavy atom. The third kappa shape index (κ3) is 4.07. The lowest BCUT2D eigenvalue weighted by molar-refractivity contribution is 0.102. The summed E-state index contributed by atoms with van der Waals surface area (Å²) in [5.41, 5.74) is 1.01. The molecule has 3 rings (SSSR count). The maximum Gasteiger partial charge on any atom is 0.258 e. The summed E-state index contributed by atoms with van der Waals surface area (Å²) >= 11 is 0. The quantitative estimate of drug-likeness (QED) is 0.578. The first-order valence-electron chi connectivity index (χ1n) is 8.80. The number of rotatable bonds is 8. The first-order chi connectivity index (χ1) is 14.5. The average molecular weight is 414 g/mol. The van der Waals surface area contributed by atoms with Gasteiger partial charge < -0.3 is 23.7 Å². The van der Waals surface area contributed by atoms with E-state index in [0.717, 1.165) is 0 Å². The lowest BCUT2D eigenvalue weighted by atomic mass is 10.1. The number of ether oxygens (including phenoxy) is 5. The van der Waals surface area contributed by atoms with Gasteiger partial charge in [-0.15, -0.1) is 5.10 Å². The Balaban J connectivity index is 1.83. The van der Waals surface area contributed by atoms with Crippen LogP contribution in [-0.2, 0) is 0 Å². The number of anilines is 1. The van der Waals surface area contributed by atoms with Crippen LogP contribution in [0.25, 0.3) is 11.4 Å². The van der Waals surface area contributed by atoms with Crippen LogP contribution in [0.4, 0.5) is 5.95 Å². The highest BCUT2D eigenvalue weighted by molar-refractivity contribution is 6.04. The Morgan fingerprint density at radius 2 is 1.47 bits per heavy atom. The van der Waals surface area contributed by atoms with Gasteiger partial charge >= 0.3 is 0 Å². The van der Waals surface area contributed by atoms with Gasteiger partial charge in [-0.25, -0.2) is 0 Å². The minimum atomic E-state index is -0.438. The zero-order chi connectivity index (χ0) is 21.7. The van der Waals surface area contributed by atoms with E-state index in [0.29, 0.717) is 45.7 Å². The number of nitrogens with zero attached hydrogens (tertiary/aromatic N) is 2. The summed E-state index contributed by atoms with van der Waals surface area (Å²) in [7, 11) is 7.55. The van der Waals surface area contributed by atoms with Gasteiger partial charge in [-0.05, 0) is 30.3 Å². The number of aromatic amines is 1. The first-order valence-corrected chi connectivity index (χ1v) is 8.80. The van der Waals surface area contributed by atoms with Crippen LogP contribution >= 0.6 is 0 Å². The Bertz CT molecular complexity index is 1020. The predicted octanol–water partition coefficient (Wildman–Crippen LogP) is 2.77. The van der Waals surface area contributed by atoms with Gasteiger partial charge in [0, 0.05) is 11.1 Å². The number of nitrogens with one attached hydrogen (secondary N) is 2. The molecule has 0 bridgehead atoms. The summed E-state index contributed by atoms with van der Waals surface area (Å²) in [5, 5.41) is 9.48. The average Bonchev–Trinajstić information content (AvgIpc) is 3.25. The lowest BCUT2D eigenvalue weighted by Crippen LogP contribution is -2.13. The smallest absolute Gasteiger partial charge is 0.258 e. The zero-order valence-electron chi connectivity index (χ0n) is 17.2. The topological polar surface area (TPSA) is 117 Å². The van der Waals surface area contributed by atoms with Gasteiger partial charge in [-0.1, -0.05) is 0 Å². The van der Waals surface area contributed by atoms with Gasteiger partial charge in [0.1, 0.15) is 0 Å². The van der Waals surface area contributed by atoms with E-state index in [1.165, 1.54) is 21.3 Å². The molecule has 1 heterocycles. The number of amides is 1. The number of aromatic nitrogens is 3. The standard InChI is InChI=1S/C20H22N4O6/c1-26-13-7-6-11(8-14(13)27-2)18-21-20(24-23-18)22-19(25)12-9-15(28-3)17(30-5)16(10-12)29-4/h6-10H,1-5H3,(H2,21,22,23,24,25). The molecule has 0 aliphatic carbocycles. The maximum absolute atomic E-state index is 12.7. The first kappa shape index (κ1) is 20.8. The highest BCUT2D eigenvalue weighted by Crippen LogP contribution is 2.38. The normalized spacial score (nSPS) is 10.3. The number of hydrogen-bond donors (Lipinski definition) is 2. The minimum absolute atomic E-state index is 0.110. The number of hydrogen-bond acceptors (Lipinski definition) is 8. The summed E-state index contributed by atoms with van der Waals surface area (Å²) in [6, 6.07) is 8.39. The molecule has 3 aromatic rings. The van der Waals surface area contributed by atoms with Crippen molar-refractivity contribution in [1.29, 1.82) is 0 Å². The van der Waals surface area contributed by atoms with Crippen molar-refractivity contribution in [3.63, 3.8) is 0 Å². The molecule has 0 saturated heterocycles. The highest BCUT2D eigenvalue weighted by atomic mass is 16.5. The number of carbonyl (C=O) groups is 1. The monoisotopic (exact) mass is 414 g/mol. The molecule has 0 atom stereocenters. The molecule has 158 valence electrons. The van der Waals surface area contributed by atoms with Gasteiger partial charge in [0.2, 0.25) is 11.7 Å². The zero-order valence-corrected chi connectivity index (χ0v) is 17.2. The summed E-state index contributed by atoms with van der Waals surface area (Å²) in [6.07, 6.45) is 0. The predicted molar refractivity (Wildman–Crippen MR) is 109 cm³/mol. The fourth-order valence-corrected chi connectivity index (χ4v) is 2.82. The van der Waals surface area contributed by atoms with Crippen molar-refractivity contribution in [3.8, 4) is 40.1 Å². The van der Waals surface area contributed by atoms with Crippen LogP contribution in [0.3, 0.4) is 0 Å². The van der Waals surface area contributed by atoms with E-state index in [-0.39, 0.29) is 5.95 Å². The van der Waals surface area contributed by atoms with Crippen molar-refractivity contribution < 1.29 is 28.5 Å². The van der Waals surface area contributed by atoms with E-state index < -0.39 is 5.91 Å². The lowest BCUT2D eigenvalue weighted by Gasteiger charge is -2.13. The van der Waals surface area contributed by atoms with Gasteiger partial charge in [-0.2, -0.15) is 4.98 Å². The SMILES string of the molecule is COc1ccc(-c2nc(NC(=O)c3cc(OC)c(OC)c(OC)c3)n[nH]2)cc1OC. The Morgan fingerprint density at radius 3 is 2.03 bits per heavy atom. The molecule has 0 radical (unpaired) electrons. The molecular formula is C20H22N4O6.